The molecule has 1 amide bonds. The predicted octanol–water partition coefficient (Wildman–Crippen LogP) is 1.42. The molecule has 0 saturated heterocycles. The van der Waals surface area contributed by atoms with Gasteiger partial charge in [-0.15, -0.1) is 0 Å². The van der Waals surface area contributed by atoms with Crippen LogP contribution in [-0.2, 0) is 19.7 Å². The Morgan fingerprint density at radius 1 is 1.33 bits per heavy atom. The third-order valence-electron chi connectivity index (χ3n) is 2.52. The van der Waals surface area contributed by atoms with Gasteiger partial charge in [-0.05, 0) is 12.1 Å². The summed E-state index contributed by atoms with van der Waals surface area (Å²) in [5.41, 5.74) is -0.530. The highest BCUT2D eigenvalue weighted by Gasteiger charge is 2.31. The Balaban J connectivity index is 2.59. The molecule has 0 aliphatic carbocycles. The average Bonchev–Trinajstić information content (AvgIpc) is 2.73. The Bertz CT molecular complexity index is 789. The minimum atomic E-state index is -4.67. The second-order valence-corrected chi connectivity index (χ2v) is 6.12. The molecule has 1 aliphatic rings. The van der Waals surface area contributed by atoms with E-state index in [1.165, 1.54) is 0 Å². The molecular formula is C10H6Cl2N2O6S. The molecule has 1 aromatic rings. The van der Waals surface area contributed by atoms with E-state index in [4.69, 9.17) is 32.9 Å². The van der Waals surface area contributed by atoms with Crippen LogP contribution < -0.4 is 5.01 Å². The van der Waals surface area contributed by atoms with Gasteiger partial charge >= 0.3 is 5.97 Å². The fourth-order valence-electron chi connectivity index (χ4n) is 1.61. The number of carboxylic acid groups (broad SMARTS) is 1. The first-order valence-corrected chi connectivity index (χ1v) is 7.41. The summed E-state index contributed by atoms with van der Waals surface area (Å²) in [6, 6.07) is 2.00. The van der Waals surface area contributed by atoms with Crippen molar-refractivity contribution in [2.75, 3.05) is 5.01 Å². The van der Waals surface area contributed by atoms with Crippen LogP contribution >= 0.6 is 23.2 Å². The molecule has 0 fully saturated rings. The molecule has 1 aliphatic heterocycles. The van der Waals surface area contributed by atoms with Crippen molar-refractivity contribution in [3.05, 3.63) is 22.2 Å². The van der Waals surface area contributed by atoms with Gasteiger partial charge < -0.3 is 5.11 Å². The van der Waals surface area contributed by atoms with Gasteiger partial charge in [-0.2, -0.15) is 18.5 Å². The molecule has 0 bridgehead atoms. The van der Waals surface area contributed by atoms with Crippen molar-refractivity contribution < 1.29 is 27.7 Å². The molecule has 0 spiro atoms. The summed E-state index contributed by atoms with van der Waals surface area (Å²) >= 11 is 11.4. The van der Waals surface area contributed by atoms with Crippen molar-refractivity contribution in [1.29, 1.82) is 0 Å². The maximum absolute atomic E-state index is 11.7. The van der Waals surface area contributed by atoms with Gasteiger partial charge in [0.2, 0.25) is 0 Å². The number of benzene rings is 1. The van der Waals surface area contributed by atoms with Crippen LogP contribution in [0.4, 0.5) is 5.69 Å². The number of hydrogen-bond donors (Lipinski definition) is 2. The SMILES string of the molecule is O=C(O)C1=NN(c2cc(Cl)c(Cl)c(S(=O)(=O)O)c2)C(=O)C1. The summed E-state index contributed by atoms with van der Waals surface area (Å²) in [5.74, 6) is -2.06. The number of anilines is 1. The number of amides is 1. The molecule has 0 unspecified atom stereocenters. The highest BCUT2D eigenvalue weighted by Crippen LogP contribution is 2.35. The van der Waals surface area contributed by atoms with E-state index in [9.17, 15) is 18.0 Å². The number of hydrazone groups is 1. The first kappa shape index (κ1) is 15.7. The number of nitrogens with zero attached hydrogens (tertiary/aromatic N) is 2. The average molecular weight is 353 g/mol. The maximum Gasteiger partial charge on any atom is 0.352 e. The number of aliphatic carboxylic acids is 1. The van der Waals surface area contributed by atoms with Crippen LogP contribution in [0.15, 0.2) is 22.1 Å². The molecule has 0 saturated carbocycles. The normalized spacial score (nSPS) is 15.3. The zero-order chi connectivity index (χ0) is 15.9. The number of carbonyl (C=O) groups excluding carboxylic acids is 1. The first-order chi connectivity index (χ1) is 9.61. The zero-order valence-electron chi connectivity index (χ0n) is 9.95. The molecule has 0 atom stereocenters. The Morgan fingerprint density at radius 3 is 2.43 bits per heavy atom. The van der Waals surface area contributed by atoms with E-state index in [1.54, 1.807) is 0 Å². The summed E-state index contributed by atoms with van der Waals surface area (Å²) in [4.78, 5) is 21.8. The first-order valence-electron chi connectivity index (χ1n) is 5.21. The smallest absolute Gasteiger partial charge is 0.352 e. The number of carboxylic acids is 1. The highest BCUT2D eigenvalue weighted by atomic mass is 35.5. The van der Waals surface area contributed by atoms with Crippen molar-refractivity contribution >= 4 is 56.6 Å². The standard InChI is InChI=1S/C10H6Cl2N2O6S/c11-5-1-4(2-7(9(5)12)21(18,19)20)14-8(15)3-6(13-14)10(16)17/h1-2H,3H2,(H,16,17)(H,18,19,20). The fraction of sp³-hybridized carbons (Fsp3) is 0.100. The van der Waals surface area contributed by atoms with E-state index in [0.29, 0.717) is 5.01 Å². The van der Waals surface area contributed by atoms with Gasteiger partial charge in [0.15, 0.2) is 5.71 Å². The third-order valence-corrected chi connectivity index (χ3v) is 4.32. The number of rotatable bonds is 3. The third kappa shape index (κ3) is 3.00. The minimum absolute atomic E-state index is 0.127. The van der Waals surface area contributed by atoms with E-state index in [-0.39, 0.29) is 10.7 Å². The largest absolute Gasteiger partial charge is 0.477 e. The van der Waals surface area contributed by atoms with Crippen molar-refractivity contribution in [1.82, 2.24) is 0 Å². The second kappa shape index (κ2) is 5.26. The van der Waals surface area contributed by atoms with Crippen molar-refractivity contribution in [2.24, 2.45) is 5.10 Å². The second-order valence-electron chi connectivity index (χ2n) is 3.95. The van der Waals surface area contributed by atoms with Gasteiger partial charge in [0.05, 0.1) is 22.2 Å². The van der Waals surface area contributed by atoms with Crippen LogP contribution in [-0.4, -0.2) is 35.7 Å². The molecule has 0 aromatic heterocycles. The zero-order valence-corrected chi connectivity index (χ0v) is 12.3. The molecular weight excluding hydrogens is 347 g/mol. The summed E-state index contributed by atoms with van der Waals surface area (Å²) < 4.78 is 31.5. The van der Waals surface area contributed by atoms with E-state index in [0.717, 1.165) is 12.1 Å². The van der Waals surface area contributed by atoms with Crippen molar-refractivity contribution in [2.45, 2.75) is 11.3 Å². The lowest BCUT2D eigenvalue weighted by atomic mass is 10.2. The number of hydrogen-bond acceptors (Lipinski definition) is 5. The monoisotopic (exact) mass is 352 g/mol. The van der Waals surface area contributed by atoms with Gasteiger partial charge in [0.25, 0.3) is 16.0 Å². The predicted molar refractivity (Wildman–Crippen MR) is 73.5 cm³/mol. The van der Waals surface area contributed by atoms with Gasteiger partial charge in [-0.25, -0.2) is 4.79 Å². The highest BCUT2D eigenvalue weighted by molar-refractivity contribution is 7.86. The summed E-state index contributed by atoms with van der Waals surface area (Å²) in [7, 11) is -4.67. The Hall–Kier alpha value is -1.68. The molecule has 112 valence electrons. The van der Waals surface area contributed by atoms with Gasteiger partial charge in [-0.1, -0.05) is 23.2 Å². The summed E-state index contributed by atoms with van der Waals surface area (Å²) in [6.45, 7) is 0. The molecule has 0 radical (unpaired) electrons. The lowest BCUT2D eigenvalue weighted by Gasteiger charge is -2.14. The summed E-state index contributed by atoms with van der Waals surface area (Å²) in [6.07, 6.45) is -0.448. The van der Waals surface area contributed by atoms with Crippen molar-refractivity contribution in [3.63, 3.8) is 0 Å². The van der Waals surface area contributed by atoms with Crippen molar-refractivity contribution in [3.8, 4) is 0 Å². The fourth-order valence-corrected chi connectivity index (χ4v) is 2.89. The van der Waals surface area contributed by atoms with Crippen LogP contribution in [0, 0.1) is 0 Å². The van der Waals surface area contributed by atoms with Gasteiger partial charge in [0.1, 0.15) is 4.90 Å². The van der Waals surface area contributed by atoms with Gasteiger partial charge in [-0.3, -0.25) is 9.35 Å². The number of halogens is 2. The van der Waals surface area contributed by atoms with E-state index >= 15 is 0 Å². The number of carbonyl (C=O) groups is 2. The molecule has 2 N–H and O–H groups in total. The minimum Gasteiger partial charge on any atom is -0.477 e. The molecule has 21 heavy (non-hydrogen) atoms. The Kier molecular flexibility index (Phi) is 3.93. The molecule has 2 rings (SSSR count). The van der Waals surface area contributed by atoms with Crippen LogP contribution in [0.2, 0.25) is 10.0 Å². The Morgan fingerprint density at radius 2 is 1.95 bits per heavy atom. The van der Waals surface area contributed by atoms with E-state index in [1.807, 2.05) is 0 Å². The molecule has 1 heterocycles. The topological polar surface area (TPSA) is 124 Å². The maximum atomic E-state index is 11.7. The summed E-state index contributed by atoms with van der Waals surface area (Å²) in [5, 5.41) is 12.4. The molecule has 11 heteroatoms. The van der Waals surface area contributed by atoms with E-state index in [2.05, 4.69) is 5.10 Å². The Labute approximate surface area is 128 Å². The molecule has 1 aromatic carbocycles. The van der Waals surface area contributed by atoms with Crippen LogP contribution in [0.5, 0.6) is 0 Å². The lowest BCUT2D eigenvalue weighted by molar-refractivity contribution is -0.129. The van der Waals surface area contributed by atoms with Crippen LogP contribution in [0.1, 0.15) is 6.42 Å². The lowest BCUT2D eigenvalue weighted by Crippen LogP contribution is -2.20. The van der Waals surface area contributed by atoms with Crippen LogP contribution in [0.25, 0.3) is 0 Å². The van der Waals surface area contributed by atoms with Crippen LogP contribution in [0.3, 0.4) is 0 Å². The molecule has 8 nitrogen and oxygen atoms in total. The quantitative estimate of drug-likeness (QED) is 0.792. The van der Waals surface area contributed by atoms with Gasteiger partial charge in [0, 0.05) is 0 Å². The van der Waals surface area contributed by atoms with E-state index < -0.39 is 44.0 Å².